The molecule has 0 unspecified atom stereocenters. The van der Waals surface area contributed by atoms with Gasteiger partial charge in [-0.1, -0.05) is 35.9 Å². The average Bonchev–Trinajstić information content (AvgIpc) is 3.24. The first-order valence-electron chi connectivity index (χ1n) is 7.91. The lowest BCUT2D eigenvalue weighted by Gasteiger charge is -2.25. The van der Waals surface area contributed by atoms with Gasteiger partial charge in [0.15, 0.2) is 0 Å². The van der Waals surface area contributed by atoms with Crippen molar-refractivity contribution in [1.29, 1.82) is 0 Å². The van der Waals surface area contributed by atoms with Crippen molar-refractivity contribution in [1.82, 2.24) is 20.4 Å². The SMILES string of the molecule is Cc1cccc(CN[C@H]2CNC(=O)c3cc(-c4cccs4)nn32)c1. The number of hydrogen-bond donors (Lipinski definition) is 2. The molecule has 1 aliphatic heterocycles. The van der Waals surface area contributed by atoms with E-state index in [1.54, 1.807) is 11.3 Å². The van der Waals surface area contributed by atoms with Crippen LogP contribution in [0, 0.1) is 6.92 Å². The van der Waals surface area contributed by atoms with Crippen molar-refractivity contribution < 1.29 is 4.79 Å². The minimum atomic E-state index is -0.0705. The fraction of sp³-hybridized carbons (Fsp3) is 0.222. The molecule has 0 saturated heterocycles. The van der Waals surface area contributed by atoms with Crippen molar-refractivity contribution >= 4 is 17.2 Å². The van der Waals surface area contributed by atoms with E-state index in [9.17, 15) is 4.79 Å². The molecule has 2 aromatic heterocycles. The number of fused-ring (bicyclic) bond motifs is 1. The smallest absolute Gasteiger partial charge is 0.269 e. The summed E-state index contributed by atoms with van der Waals surface area (Å²) >= 11 is 1.63. The molecule has 3 heterocycles. The quantitative estimate of drug-likeness (QED) is 0.769. The summed E-state index contributed by atoms with van der Waals surface area (Å²) in [5.41, 5.74) is 3.91. The number of aryl methyl sites for hydroxylation is 1. The van der Waals surface area contributed by atoms with E-state index in [4.69, 9.17) is 0 Å². The number of hydrogen-bond acceptors (Lipinski definition) is 4. The highest BCUT2D eigenvalue weighted by Crippen LogP contribution is 2.26. The average molecular weight is 338 g/mol. The molecule has 5 nitrogen and oxygen atoms in total. The summed E-state index contributed by atoms with van der Waals surface area (Å²) in [6.45, 7) is 3.35. The molecule has 0 radical (unpaired) electrons. The van der Waals surface area contributed by atoms with Crippen LogP contribution in [0.1, 0.15) is 27.8 Å². The molecule has 4 rings (SSSR count). The molecule has 0 fully saturated rings. The number of benzene rings is 1. The van der Waals surface area contributed by atoms with Gasteiger partial charge >= 0.3 is 0 Å². The first-order valence-corrected chi connectivity index (χ1v) is 8.79. The Morgan fingerprint density at radius 3 is 3.04 bits per heavy atom. The molecule has 0 bridgehead atoms. The summed E-state index contributed by atoms with van der Waals surface area (Å²) in [4.78, 5) is 13.2. The minimum absolute atomic E-state index is 0.0491. The summed E-state index contributed by atoms with van der Waals surface area (Å²) in [6, 6.07) is 14.3. The van der Waals surface area contributed by atoms with Crippen molar-refractivity contribution in [2.45, 2.75) is 19.6 Å². The largest absolute Gasteiger partial charge is 0.347 e. The van der Waals surface area contributed by atoms with E-state index in [1.807, 2.05) is 28.3 Å². The Morgan fingerprint density at radius 2 is 2.25 bits per heavy atom. The fourth-order valence-corrected chi connectivity index (χ4v) is 3.61. The van der Waals surface area contributed by atoms with Crippen LogP contribution in [0.4, 0.5) is 0 Å². The van der Waals surface area contributed by atoms with Crippen LogP contribution in [0.3, 0.4) is 0 Å². The highest BCUT2D eigenvalue weighted by atomic mass is 32.1. The second kappa shape index (κ2) is 6.22. The second-order valence-electron chi connectivity index (χ2n) is 5.93. The van der Waals surface area contributed by atoms with Crippen molar-refractivity contribution in [3.8, 4) is 10.6 Å². The van der Waals surface area contributed by atoms with Crippen LogP contribution < -0.4 is 10.6 Å². The summed E-state index contributed by atoms with van der Waals surface area (Å²) in [5, 5.41) is 13.1. The molecule has 1 amide bonds. The second-order valence-corrected chi connectivity index (χ2v) is 6.88. The maximum atomic E-state index is 12.1. The van der Waals surface area contributed by atoms with Crippen LogP contribution in [0.15, 0.2) is 47.8 Å². The first kappa shape index (κ1) is 15.1. The molecule has 0 saturated carbocycles. The van der Waals surface area contributed by atoms with Crippen LogP contribution in [-0.4, -0.2) is 22.2 Å². The van der Waals surface area contributed by atoms with Gasteiger partial charge in [-0.05, 0) is 30.0 Å². The number of rotatable bonds is 4. The van der Waals surface area contributed by atoms with Gasteiger partial charge in [0.05, 0.1) is 11.4 Å². The lowest BCUT2D eigenvalue weighted by molar-refractivity contribution is 0.0900. The molecule has 3 aromatic rings. The van der Waals surface area contributed by atoms with Gasteiger partial charge in [0.1, 0.15) is 17.6 Å². The molecule has 1 aromatic carbocycles. The normalized spacial score (nSPS) is 16.7. The molecule has 122 valence electrons. The first-order chi connectivity index (χ1) is 11.7. The predicted molar refractivity (Wildman–Crippen MR) is 94.9 cm³/mol. The Morgan fingerprint density at radius 1 is 1.33 bits per heavy atom. The van der Waals surface area contributed by atoms with Gasteiger partial charge < -0.3 is 5.32 Å². The van der Waals surface area contributed by atoms with E-state index in [2.05, 4.69) is 46.9 Å². The fourth-order valence-electron chi connectivity index (χ4n) is 2.93. The number of nitrogens with one attached hydrogen (secondary N) is 2. The molecule has 0 aliphatic carbocycles. The van der Waals surface area contributed by atoms with Crippen LogP contribution in [0.5, 0.6) is 0 Å². The maximum Gasteiger partial charge on any atom is 0.269 e. The van der Waals surface area contributed by atoms with Crippen molar-refractivity contribution in [3.63, 3.8) is 0 Å². The van der Waals surface area contributed by atoms with Gasteiger partial charge in [-0.3, -0.25) is 10.1 Å². The van der Waals surface area contributed by atoms with Crippen molar-refractivity contribution in [2.75, 3.05) is 6.54 Å². The topological polar surface area (TPSA) is 58.9 Å². The molecule has 1 aliphatic rings. The number of amides is 1. The van der Waals surface area contributed by atoms with Gasteiger partial charge in [0.25, 0.3) is 5.91 Å². The Bertz CT molecular complexity index is 869. The molecule has 0 spiro atoms. The highest BCUT2D eigenvalue weighted by Gasteiger charge is 2.27. The van der Waals surface area contributed by atoms with E-state index in [0.29, 0.717) is 12.2 Å². The molecule has 24 heavy (non-hydrogen) atoms. The highest BCUT2D eigenvalue weighted by molar-refractivity contribution is 7.13. The zero-order valence-corrected chi connectivity index (χ0v) is 14.1. The monoisotopic (exact) mass is 338 g/mol. The Hall–Kier alpha value is -2.44. The number of nitrogens with zero attached hydrogens (tertiary/aromatic N) is 2. The summed E-state index contributed by atoms with van der Waals surface area (Å²) in [5.74, 6) is -0.0705. The van der Waals surface area contributed by atoms with Crippen LogP contribution >= 0.6 is 11.3 Å². The summed E-state index contributed by atoms with van der Waals surface area (Å²) < 4.78 is 1.81. The third-order valence-electron chi connectivity index (χ3n) is 4.12. The molecule has 1 atom stereocenters. The van der Waals surface area contributed by atoms with E-state index in [1.165, 1.54) is 11.1 Å². The lowest BCUT2D eigenvalue weighted by Crippen LogP contribution is -2.45. The Labute approximate surface area is 144 Å². The molecular weight excluding hydrogens is 320 g/mol. The van der Waals surface area contributed by atoms with E-state index in [0.717, 1.165) is 17.1 Å². The number of carbonyl (C=O) groups excluding carboxylic acids is 1. The Balaban J connectivity index is 1.58. The van der Waals surface area contributed by atoms with Crippen molar-refractivity contribution in [2.24, 2.45) is 0 Å². The van der Waals surface area contributed by atoms with Crippen LogP contribution in [-0.2, 0) is 6.54 Å². The zero-order valence-electron chi connectivity index (χ0n) is 13.3. The van der Waals surface area contributed by atoms with E-state index < -0.39 is 0 Å². The summed E-state index contributed by atoms with van der Waals surface area (Å²) in [6.07, 6.45) is -0.0491. The van der Waals surface area contributed by atoms with Gasteiger partial charge in [0.2, 0.25) is 0 Å². The predicted octanol–water partition coefficient (Wildman–Crippen LogP) is 2.95. The third-order valence-corrected chi connectivity index (χ3v) is 5.01. The summed E-state index contributed by atoms with van der Waals surface area (Å²) in [7, 11) is 0. The van der Waals surface area contributed by atoms with Gasteiger partial charge in [0, 0.05) is 6.54 Å². The van der Waals surface area contributed by atoms with Crippen molar-refractivity contribution in [3.05, 3.63) is 64.7 Å². The number of thiophene rings is 1. The molecular formula is C18H18N4OS. The zero-order chi connectivity index (χ0) is 16.5. The van der Waals surface area contributed by atoms with Crippen LogP contribution in [0.2, 0.25) is 0 Å². The minimum Gasteiger partial charge on any atom is -0.347 e. The maximum absolute atomic E-state index is 12.1. The molecule has 6 heteroatoms. The molecule has 2 N–H and O–H groups in total. The lowest BCUT2D eigenvalue weighted by atomic mass is 10.1. The van der Waals surface area contributed by atoms with Gasteiger partial charge in [-0.25, -0.2) is 4.68 Å². The van der Waals surface area contributed by atoms with Crippen LogP contribution in [0.25, 0.3) is 10.6 Å². The standard InChI is InChI=1S/C18H18N4OS/c1-12-4-2-5-13(8-12)10-19-17-11-20-18(23)15-9-14(21-22(15)17)16-6-3-7-24-16/h2-9,17,19H,10-11H2,1H3,(H,20,23)/t17-/m1/s1. The number of carbonyl (C=O) groups is 1. The Kier molecular flexibility index (Phi) is 3.92. The third kappa shape index (κ3) is 2.86. The number of aromatic nitrogens is 2. The van der Waals surface area contributed by atoms with E-state index >= 15 is 0 Å². The van der Waals surface area contributed by atoms with E-state index in [-0.39, 0.29) is 12.1 Å². The van der Waals surface area contributed by atoms with Gasteiger partial charge in [-0.2, -0.15) is 5.10 Å². The van der Waals surface area contributed by atoms with Gasteiger partial charge in [-0.15, -0.1) is 11.3 Å².